The van der Waals surface area contributed by atoms with Gasteiger partial charge in [-0.15, -0.1) is 13.2 Å². The third-order valence-corrected chi connectivity index (χ3v) is 8.85. The van der Waals surface area contributed by atoms with E-state index >= 15 is 0 Å². The van der Waals surface area contributed by atoms with Crippen LogP contribution in [0.3, 0.4) is 0 Å². The summed E-state index contributed by atoms with van der Waals surface area (Å²) in [4.78, 5) is 29.9. The van der Waals surface area contributed by atoms with E-state index < -0.39 is 12.0 Å². The molecule has 0 bridgehead atoms. The lowest BCUT2D eigenvalue weighted by molar-refractivity contribution is -0.163. The van der Waals surface area contributed by atoms with Gasteiger partial charge in [-0.1, -0.05) is 45.3 Å². The van der Waals surface area contributed by atoms with Gasteiger partial charge in [-0.3, -0.25) is 4.79 Å². The van der Waals surface area contributed by atoms with Crippen LogP contribution in [0.5, 0.6) is 17.2 Å². The van der Waals surface area contributed by atoms with Crippen molar-refractivity contribution in [2.75, 3.05) is 40.6 Å². The van der Waals surface area contributed by atoms with Crippen molar-refractivity contribution in [3.05, 3.63) is 43.0 Å². The van der Waals surface area contributed by atoms with E-state index in [1.54, 1.807) is 31.3 Å². The highest BCUT2D eigenvalue weighted by Gasteiger charge is 2.41. The Morgan fingerprint density at radius 2 is 1.65 bits per heavy atom. The number of nitrogens with zero attached hydrogens (tertiary/aromatic N) is 1. The Morgan fingerprint density at radius 1 is 0.953 bits per heavy atom. The van der Waals surface area contributed by atoms with Crippen molar-refractivity contribution < 1.29 is 33.3 Å². The van der Waals surface area contributed by atoms with Crippen LogP contribution in [0, 0.1) is 17.8 Å². The molecule has 43 heavy (non-hydrogen) atoms. The molecule has 1 aromatic carbocycles. The first-order chi connectivity index (χ1) is 20.7. The van der Waals surface area contributed by atoms with Gasteiger partial charge in [-0.05, 0) is 62.6 Å². The third kappa shape index (κ3) is 9.24. The van der Waals surface area contributed by atoms with Gasteiger partial charge in [0.2, 0.25) is 11.7 Å². The average Bonchev–Trinajstić information content (AvgIpc) is 3.03. The van der Waals surface area contributed by atoms with Gasteiger partial charge in [-0.25, -0.2) is 4.79 Å². The lowest BCUT2D eigenvalue weighted by Gasteiger charge is -2.40. The van der Waals surface area contributed by atoms with Gasteiger partial charge in [0.1, 0.15) is 12.1 Å². The van der Waals surface area contributed by atoms with Gasteiger partial charge in [0.15, 0.2) is 11.5 Å². The molecule has 1 heterocycles. The van der Waals surface area contributed by atoms with Gasteiger partial charge in [0, 0.05) is 18.4 Å². The van der Waals surface area contributed by atoms with Crippen LogP contribution >= 0.6 is 0 Å². The smallest absolute Gasteiger partial charge is 0.329 e. The summed E-state index contributed by atoms with van der Waals surface area (Å²) in [6.45, 7) is 15.4. The summed E-state index contributed by atoms with van der Waals surface area (Å²) in [6, 6.07) is 3.24. The minimum absolute atomic E-state index is 0.0214. The molecule has 1 amide bonds. The molecule has 1 saturated heterocycles. The van der Waals surface area contributed by atoms with E-state index in [0.717, 1.165) is 44.1 Å². The number of methoxy groups -OCH3 is 2. The van der Waals surface area contributed by atoms with Crippen molar-refractivity contribution in [3.8, 4) is 17.2 Å². The minimum atomic E-state index is -0.598. The predicted octanol–water partition coefficient (Wildman–Crippen LogP) is 6.72. The summed E-state index contributed by atoms with van der Waals surface area (Å²) in [6.07, 6.45) is 10.8. The molecule has 1 aromatic rings. The van der Waals surface area contributed by atoms with Crippen LogP contribution in [0.15, 0.2) is 37.4 Å². The number of carbonyl (C=O) groups is 2. The van der Waals surface area contributed by atoms with E-state index in [0.29, 0.717) is 50.0 Å². The summed E-state index contributed by atoms with van der Waals surface area (Å²) in [5.41, 5.74) is 0.825. The molecule has 0 spiro atoms. The van der Waals surface area contributed by atoms with Crippen LogP contribution in [0.4, 0.5) is 0 Å². The molecule has 5 atom stereocenters. The first-order valence-corrected chi connectivity index (χ1v) is 16.0. The minimum Gasteiger partial charge on any atom is -0.493 e. The molecular weight excluding hydrogens is 546 g/mol. The van der Waals surface area contributed by atoms with E-state index in [4.69, 9.17) is 23.7 Å². The van der Waals surface area contributed by atoms with Crippen LogP contribution in [0.25, 0.3) is 0 Å². The second-order valence-corrected chi connectivity index (χ2v) is 12.2. The SMILES string of the molecule is C=CCOC[C@H](C)COc1cc([C@@H](C(=O)N2CCCC[C@H]2C(=O)O[C@H](C)[C@@H](C)C=C)C2CCCCC2)cc(OC)c1OC. The topological polar surface area (TPSA) is 83.5 Å². The molecule has 8 nitrogen and oxygen atoms in total. The molecule has 8 heteroatoms. The zero-order valence-corrected chi connectivity index (χ0v) is 27.0. The largest absolute Gasteiger partial charge is 0.493 e. The number of likely N-dealkylation sites (tertiary alicyclic amines) is 1. The number of hydrogen-bond acceptors (Lipinski definition) is 7. The van der Waals surface area contributed by atoms with Crippen molar-refractivity contribution in [3.63, 3.8) is 0 Å². The quantitative estimate of drug-likeness (QED) is 0.118. The van der Waals surface area contributed by atoms with Crippen LogP contribution in [0.2, 0.25) is 0 Å². The molecule has 0 radical (unpaired) electrons. The van der Waals surface area contributed by atoms with Gasteiger partial charge in [-0.2, -0.15) is 0 Å². The summed E-state index contributed by atoms with van der Waals surface area (Å²) in [5, 5.41) is 0. The number of esters is 1. The van der Waals surface area contributed by atoms with Gasteiger partial charge in [0.05, 0.1) is 40.0 Å². The fourth-order valence-corrected chi connectivity index (χ4v) is 6.13. The first kappa shape index (κ1) is 34.5. The van der Waals surface area contributed by atoms with E-state index in [2.05, 4.69) is 20.1 Å². The maximum absolute atomic E-state index is 14.6. The molecular formula is C35H53NO7. The maximum Gasteiger partial charge on any atom is 0.329 e. The highest BCUT2D eigenvalue weighted by molar-refractivity contribution is 5.89. The highest BCUT2D eigenvalue weighted by atomic mass is 16.5. The van der Waals surface area contributed by atoms with Crippen LogP contribution in [-0.4, -0.2) is 69.5 Å². The maximum atomic E-state index is 14.6. The Kier molecular flexibility index (Phi) is 13.9. The van der Waals surface area contributed by atoms with Gasteiger partial charge < -0.3 is 28.6 Å². The van der Waals surface area contributed by atoms with Gasteiger partial charge in [0.25, 0.3) is 0 Å². The number of amides is 1. The van der Waals surface area contributed by atoms with E-state index in [1.807, 2.05) is 26.0 Å². The molecule has 1 aliphatic heterocycles. The number of benzene rings is 1. The van der Waals surface area contributed by atoms with Crippen molar-refractivity contribution in [2.24, 2.45) is 17.8 Å². The molecule has 0 N–H and O–H groups in total. The van der Waals surface area contributed by atoms with Crippen molar-refractivity contribution >= 4 is 11.9 Å². The monoisotopic (exact) mass is 599 g/mol. The second kappa shape index (κ2) is 17.3. The number of rotatable bonds is 16. The third-order valence-electron chi connectivity index (χ3n) is 8.85. The molecule has 0 unspecified atom stereocenters. The lowest BCUT2D eigenvalue weighted by Crippen LogP contribution is -2.51. The van der Waals surface area contributed by atoms with Crippen LogP contribution in [0.1, 0.15) is 83.6 Å². The number of ether oxygens (including phenoxy) is 5. The van der Waals surface area contributed by atoms with E-state index in [1.165, 1.54) is 6.42 Å². The number of piperidine rings is 1. The van der Waals surface area contributed by atoms with E-state index in [9.17, 15) is 9.59 Å². The van der Waals surface area contributed by atoms with Crippen LogP contribution in [-0.2, 0) is 19.1 Å². The summed E-state index contributed by atoms with van der Waals surface area (Å²) in [7, 11) is 3.18. The van der Waals surface area contributed by atoms with Crippen molar-refractivity contribution in [2.45, 2.75) is 90.2 Å². The molecule has 1 saturated carbocycles. The van der Waals surface area contributed by atoms with Crippen molar-refractivity contribution in [1.29, 1.82) is 0 Å². The first-order valence-electron chi connectivity index (χ1n) is 16.0. The van der Waals surface area contributed by atoms with Crippen molar-refractivity contribution in [1.82, 2.24) is 4.90 Å². The predicted molar refractivity (Wildman–Crippen MR) is 169 cm³/mol. The Balaban J connectivity index is 1.96. The summed E-state index contributed by atoms with van der Waals surface area (Å²) < 4.78 is 29.2. The van der Waals surface area contributed by atoms with Crippen LogP contribution < -0.4 is 14.2 Å². The average molecular weight is 600 g/mol. The number of carbonyl (C=O) groups excluding carboxylic acids is 2. The zero-order chi connectivity index (χ0) is 31.4. The second-order valence-electron chi connectivity index (χ2n) is 12.2. The number of hydrogen-bond donors (Lipinski definition) is 0. The molecule has 1 aliphatic carbocycles. The zero-order valence-electron chi connectivity index (χ0n) is 27.0. The standard InChI is InChI=1S/C35H53NO7/c1-8-19-41-22-24(3)23-42-31-21-28(20-30(39-6)33(31)40-7)32(27-15-11-10-12-16-27)34(37)36-18-14-13-17-29(36)35(38)43-26(5)25(4)9-2/h8-9,20-21,24-27,29,32H,1-2,10-19,22-23H2,3-7H3/t24-,25-,26+,29-,32-/m0/s1. The molecule has 240 valence electrons. The fraction of sp³-hybridized carbons (Fsp3) is 0.657. The fourth-order valence-electron chi connectivity index (χ4n) is 6.13. The molecule has 2 fully saturated rings. The molecule has 3 rings (SSSR count). The molecule has 0 aromatic heterocycles. The summed E-state index contributed by atoms with van der Waals surface area (Å²) in [5.74, 6) is 1.04. The molecule has 2 aliphatic rings. The van der Waals surface area contributed by atoms with Gasteiger partial charge >= 0.3 is 5.97 Å². The Bertz CT molecular complexity index is 1070. The summed E-state index contributed by atoms with van der Waals surface area (Å²) >= 11 is 0. The lowest BCUT2D eigenvalue weighted by atomic mass is 9.75. The highest BCUT2D eigenvalue weighted by Crippen LogP contribution is 2.45. The van der Waals surface area contributed by atoms with E-state index in [-0.39, 0.29) is 35.7 Å². The Hall–Kier alpha value is -3.00. The Morgan fingerprint density at radius 3 is 2.30 bits per heavy atom. The Labute approximate surface area is 258 Å². The normalized spacial score (nSPS) is 20.3.